The molecule has 23 heavy (non-hydrogen) atoms. The maximum atomic E-state index is 10.0. The van der Waals surface area contributed by atoms with Crippen LogP contribution in [-0.2, 0) is 11.8 Å². The number of benzene rings is 1. The normalized spacial score (nSPS) is 32.8. The van der Waals surface area contributed by atoms with Crippen LogP contribution in [0.5, 0.6) is 5.75 Å². The molecular formula is C20H30BrNO. The smallest absolute Gasteiger partial charge is 0.115 e. The number of halogens is 1. The van der Waals surface area contributed by atoms with Gasteiger partial charge >= 0.3 is 0 Å². The fourth-order valence-electron chi connectivity index (χ4n) is 5.77. The van der Waals surface area contributed by atoms with Crippen molar-refractivity contribution in [3.05, 3.63) is 29.3 Å². The monoisotopic (exact) mass is 379 g/mol. The first-order valence-corrected chi connectivity index (χ1v) is 9.16. The number of piperidine rings is 1. The van der Waals surface area contributed by atoms with Gasteiger partial charge in [0.2, 0.25) is 0 Å². The topological polar surface area (TPSA) is 23.5 Å². The molecule has 1 saturated carbocycles. The largest absolute Gasteiger partial charge is 0.508 e. The lowest BCUT2D eigenvalue weighted by Crippen LogP contribution is -2.61. The van der Waals surface area contributed by atoms with Crippen molar-refractivity contribution in [3.8, 4) is 5.75 Å². The van der Waals surface area contributed by atoms with E-state index in [1.165, 1.54) is 62.7 Å². The predicted octanol–water partition coefficient (Wildman–Crippen LogP) is 4.68. The van der Waals surface area contributed by atoms with Gasteiger partial charge in [-0.05, 0) is 67.3 Å². The van der Waals surface area contributed by atoms with Crippen LogP contribution in [0.25, 0.3) is 0 Å². The van der Waals surface area contributed by atoms with Crippen molar-refractivity contribution in [1.29, 1.82) is 0 Å². The number of aromatic hydroxyl groups is 1. The first-order valence-electron chi connectivity index (χ1n) is 9.16. The van der Waals surface area contributed by atoms with Gasteiger partial charge in [0.05, 0.1) is 0 Å². The van der Waals surface area contributed by atoms with E-state index < -0.39 is 0 Å². The zero-order valence-electron chi connectivity index (χ0n) is 14.4. The summed E-state index contributed by atoms with van der Waals surface area (Å²) in [5.41, 5.74) is 3.37. The molecule has 1 aromatic rings. The lowest BCUT2D eigenvalue weighted by atomic mass is 9.52. The molecule has 3 heteroatoms. The highest BCUT2D eigenvalue weighted by atomic mass is 79.9. The van der Waals surface area contributed by atoms with E-state index in [-0.39, 0.29) is 17.0 Å². The number of hydrogen-bond donors (Lipinski definition) is 1. The van der Waals surface area contributed by atoms with E-state index in [1.807, 2.05) is 6.07 Å². The fourth-order valence-corrected chi connectivity index (χ4v) is 5.77. The Kier molecular flexibility index (Phi) is 4.81. The van der Waals surface area contributed by atoms with E-state index in [0.717, 1.165) is 17.9 Å². The Morgan fingerprint density at radius 2 is 2.09 bits per heavy atom. The first kappa shape index (κ1) is 17.3. The molecule has 0 amide bonds. The van der Waals surface area contributed by atoms with Gasteiger partial charge in [-0.1, -0.05) is 32.8 Å². The zero-order valence-corrected chi connectivity index (χ0v) is 16.1. The second kappa shape index (κ2) is 6.40. The molecule has 3 atom stereocenters. The van der Waals surface area contributed by atoms with Gasteiger partial charge in [0.15, 0.2) is 0 Å². The van der Waals surface area contributed by atoms with E-state index in [9.17, 15) is 5.11 Å². The number of hydrogen-bond acceptors (Lipinski definition) is 2. The molecule has 1 N–H and O–H groups in total. The Bertz CT molecular complexity index is 573. The van der Waals surface area contributed by atoms with Crippen LogP contribution in [-0.4, -0.2) is 29.1 Å². The Balaban J connectivity index is 0.00000156. The van der Waals surface area contributed by atoms with Gasteiger partial charge in [-0.3, -0.25) is 4.90 Å². The summed E-state index contributed by atoms with van der Waals surface area (Å²) < 4.78 is 0. The van der Waals surface area contributed by atoms with Crippen molar-refractivity contribution in [2.75, 3.05) is 13.1 Å². The van der Waals surface area contributed by atoms with Gasteiger partial charge < -0.3 is 5.11 Å². The molecule has 3 aliphatic rings. The maximum Gasteiger partial charge on any atom is 0.115 e. The van der Waals surface area contributed by atoms with Crippen molar-refractivity contribution in [1.82, 2.24) is 4.90 Å². The van der Waals surface area contributed by atoms with Crippen LogP contribution in [0.3, 0.4) is 0 Å². The molecule has 0 spiro atoms. The van der Waals surface area contributed by atoms with Crippen LogP contribution in [0.15, 0.2) is 18.2 Å². The lowest BCUT2D eigenvalue weighted by molar-refractivity contribution is -0.0164. The van der Waals surface area contributed by atoms with Crippen LogP contribution in [0, 0.1) is 11.8 Å². The summed E-state index contributed by atoms with van der Waals surface area (Å²) in [5.74, 6) is 2.01. The molecule has 128 valence electrons. The molecule has 4 rings (SSSR count). The molecule has 0 aromatic heterocycles. The van der Waals surface area contributed by atoms with Crippen LogP contribution in [0.2, 0.25) is 0 Å². The van der Waals surface area contributed by atoms with Crippen molar-refractivity contribution in [3.63, 3.8) is 0 Å². The Morgan fingerprint density at radius 1 is 1.26 bits per heavy atom. The highest BCUT2D eigenvalue weighted by Gasteiger charge is 2.53. The standard InChI is InChI=1S/C20H29NO.BrH/c1-14(2)13-21-10-9-20-8-4-3-5-17(20)19(21)11-15-6-7-16(22)12-18(15)20;/h6-7,12,14,17,19,22H,3-5,8-11,13H2,1-2H3;1H/t17-,19-,20-;/m0./s1. The van der Waals surface area contributed by atoms with Crippen LogP contribution >= 0.6 is 17.0 Å². The van der Waals surface area contributed by atoms with Crippen LogP contribution in [0.1, 0.15) is 57.1 Å². The molecular weight excluding hydrogens is 350 g/mol. The molecule has 2 fully saturated rings. The summed E-state index contributed by atoms with van der Waals surface area (Å²) in [6.45, 7) is 7.17. The van der Waals surface area contributed by atoms with Crippen molar-refractivity contribution in [2.45, 2.75) is 63.8 Å². The molecule has 2 nitrogen and oxygen atoms in total. The van der Waals surface area contributed by atoms with Crippen LogP contribution < -0.4 is 0 Å². The lowest BCUT2D eigenvalue weighted by Gasteiger charge is -2.59. The molecule has 1 heterocycles. The number of rotatable bonds is 2. The zero-order chi connectivity index (χ0) is 15.3. The molecule has 2 aliphatic carbocycles. The summed E-state index contributed by atoms with van der Waals surface area (Å²) in [4.78, 5) is 2.79. The van der Waals surface area contributed by atoms with E-state index >= 15 is 0 Å². The summed E-state index contributed by atoms with van der Waals surface area (Å²) >= 11 is 0. The van der Waals surface area contributed by atoms with Gasteiger partial charge in [-0.25, -0.2) is 0 Å². The third-order valence-corrected chi connectivity index (χ3v) is 6.53. The Labute approximate surface area is 151 Å². The fraction of sp³-hybridized carbons (Fsp3) is 0.700. The summed E-state index contributed by atoms with van der Waals surface area (Å²) in [7, 11) is 0. The van der Waals surface area contributed by atoms with E-state index in [1.54, 1.807) is 0 Å². The SMILES string of the molecule is Br.CC(C)CN1CC[C@@]23CCCC[C@H]2[C@@H]1Cc1ccc(O)cc13. The van der Waals surface area contributed by atoms with Crippen molar-refractivity contribution in [2.24, 2.45) is 11.8 Å². The third-order valence-electron chi connectivity index (χ3n) is 6.53. The molecule has 2 bridgehead atoms. The van der Waals surface area contributed by atoms with E-state index in [0.29, 0.717) is 11.2 Å². The van der Waals surface area contributed by atoms with Crippen molar-refractivity contribution >= 4 is 17.0 Å². The number of fused-ring (bicyclic) bond motifs is 1. The minimum absolute atomic E-state index is 0. The minimum atomic E-state index is 0. The van der Waals surface area contributed by atoms with Gasteiger partial charge in [-0.15, -0.1) is 17.0 Å². The van der Waals surface area contributed by atoms with Gasteiger partial charge in [0.1, 0.15) is 5.75 Å². The highest BCUT2D eigenvalue weighted by Crippen LogP contribution is 2.56. The second-order valence-electron chi connectivity index (χ2n) is 8.26. The van der Waals surface area contributed by atoms with Gasteiger partial charge in [0, 0.05) is 18.0 Å². The molecule has 1 aromatic carbocycles. The molecule has 0 radical (unpaired) electrons. The Hall–Kier alpha value is -0.540. The molecule has 1 saturated heterocycles. The Morgan fingerprint density at radius 3 is 2.87 bits per heavy atom. The first-order chi connectivity index (χ1) is 10.6. The number of phenolic OH excluding ortho intramolecular Hbond substituents is 1. The maximum absolute atomic E-state index is 10.0. The number of phenols is 1. The summed E-state index contributed by atoms with van der Waals surface area (Å²) in [5, 5.41) is 10.0. The van der Waals surface area contributed by atoms with Crippen LogP contribution in [0.4, 0.5) is 0 Å². The van der Waals surface area contributed by atoms with Crippen molar-refractivity contribution < 1.29 is 5.11 Å². The van der Waals surface area contributed by atoms with Gasteiger partial charge in [-0.2, -0.15) is 0 Å². The second-order valence-corrected chi connectivity index (χ2v) is 8.26. The number of nitrogens with zero attached hydrogens (tertiary/aromatic N) is 1. The summed E-state index contributed by atoms with van der Waals surface area (Å²) in [6.07, 6.45) is 7.95. The van der Waals surface area contributed by atoms with E-state index in [2.05, 4.69) is 30.9 Å². The highest BCUT2D eigenvalue weighted by molar-refractivity contribution is 8.93. The third kappa shape index (κ3) is 2.74. The quantitative estimate of drug-likeness (QED) is 0.805. The molecule has 1 aliphatic heterocycles. The average Bonchev–Trinajstić information content (AvgIpc) is 2.50. The summed E-state index contributed by atoms with van der Waals surface area (Å²) in [6, 6.07) is 6.92. The average molecular weight is 380 g/mol. The predicted molar refractivity (Wildman–Crippen MR) is 101 cm³/mol. The number of likely N-dealkylation sites (tertiary alicyclic amines) is 1. The van der Waals surface area contributed by atoms with E-state index in [4.69, 9.17) is 0 Å². The molecule has 0 unspecified atom stereocenters. The van der Waals surface area contributed by atoms with Gasteiger partial charge in [0.25, 0.3) is 0 Å². The minimum Gasteiger partial charge on any atom is -0.508 e.